The molecule has 1 aromatic heterocycles. The third-order valence-corrected chi connectivity index (χ3v) is 7.40. The van der Waals surface area contributed by atoms with Crippen molar-refractivity contribution in [3.8, 4) is 6.07 Å². The smallest absolute Gasteiger partial charge is 0.186 e. The van der Waals surface area contributed by atoms with Crippen LogP contribution in [0.1, 0.15) is 57.4 Å². The monoisotopic (exact) mass is 476 g/mol. The van der Waals surface area contributed by atoms with Crippen molar-refractivity contribution < 1.29 is 4.79 Å². The Bertz CT molecular complexity index is 1360. The number of rotatable bonds is 8. The number of aromatic nitrogens is 1. The van der Waals surface area contributed by atoms with Crippen LogP contribution >= 0.6 is 0 Å². The number of Topliss-reactive ketones (excluding diaryl/α,β-unsaturated/α-hetero) is 1. The molecular formula is C31H32N4O. The summed E-state index contributed by atoms with van der Waals surface area (Å²) in [5, 5.41) is 13.5. The van der Waals surface area contributed by atoms with E-state index in [0.29, 0.717) is 18.0 Å². The summed E-state index contributed by atoms with van der Waals surface area (Å²) < 4.78 is 0. The van der Waals surface area contributed by atoms with Crippen molar-refractivity contribution in [1.82, 2.24) is 15.2 Å². The van der Waals surface area contributed by atoms with Crippen LogP contribution in [0.2, 0.25) is 0 Å². The largest absolute Gasteiger partial charge is 0.360 e. The first-order valence-electron chi connectivity index (χ1n) is 12.7. The van der Waals surface area contributed by atoms with Crippen LogP contribution < -0.4 is 5.32 Å². The number of hydrogen-bond donors (Lipinski definition) is 2. The van der Waals surface area contributed by atoms with E-state index in [0.717, 1.165) is 47.1 Å². The topological polar surface area (TPSA) is 71.9 Å². The number of hydrogen-bond acceptors (Lipinski definition) is 4. The van der Waals surface area contributed by atoms with Gasteiger partial charge in [0.25, 0.3) is 0 Å². The van der Waals surface area contributed by atoms with E-state index in [1.165, 1.54) is 18.4 Å². The Morgan fingerprint density at radius 1 is 1.08 bits per heavy atom. The minimum absolute atomic E-state index is 0.0688. The molecule has 36 heavy (non-hydrogen) atoms. The van der Waals surface area contributed by atoms with Crippen LogP contribution in [0.15, 0.2) is 79.0 Å². The Hall–Kier alpha value is -3.72. The average molecular weight is 477 g/mol. The maximum atomic E-state index is 13.8. The Labute approximate surface area is 212 Å². The molecule has 2 heterocycles. The lowest BCUT2D eigenvalue weighted by Crippen LogP contribution is -2.30. The second-order valence-electron chi connectivity index (χ2n) is 9.81. The van der Waals surface area contributed by atoms with Gasteiger partial charge in [-0.1, -0.05) is 54.6 Å². The lowest BCUT2D eigenvalue weighted by atomic mass is 9.88. The molecule has 1 aliphatic heterocycles. The summed E-state index contributed by atoms with van der Waals surface area (Å²) in [6, 6.07) is 25.8. The predicted molar refractivity (Wildman–Crippen MR) is 144 cm³/mol. The fourth-order valence-electron chi connectivity index (χ4n) is 5.21. The molecule has 1 aliphatic rings. The number of nitrogens with one attached hydrogen (secondary N) is 2. The summed E-state index contributed by atoms with van der Waals surface area (Å²) in [7, 11) is 2.18. The summed E-state index contributed by atoms with van der Waals surface area (Å²) in [5.41, 5.74) is 5.85. The minimum atomic E-state index is -0.433. The predicted octanol–water partition coefficient (Wildman–Crippen LogP) is 5.61. The van der Waals surface area contributed by atoms with Gasteiger partial charge < -0.3 is 15.2 Å². The third kappa shape index (κ3) is 5.26. The van der Waals surface area contributed by atoms with Crippen LogP contribution in [0.4, 0.5) is 0 Å². The third-order valence-electron chi connectivity index (χ3n) is 7.40. The minimum Gasteiger partial charge on any atom is -0.360 e. The van der Waals surface area contributed by atoms with Crippen molar-refractivity contribution in [2.45, 2.75) is 31.2 Å². The highest BCUT2D eigenvalue weighted by Gasteiger charge is 2.25. The van der Waals surface area contributed by atoms with Crippen molar-refractivity contribution in [3.63, 3.8) is 0 Å². The van der Waals surface area contributed by atoms with E-state index in [4.69, 9.17) is 5.26 Å². The first-order chi connectivity index (χ1) is 17.6. The van der Waals surface area contributed by atoms with Gasteiger partial charge in [-0.2, -0.15) is 5.26 Å². The first kappa shape index (κ1) is 24.0. The molecule has 2 N–H and O–H groups in total. The fraction of sp³-hybridized carbons (Fsp3) is 0.290. The van der Waals surface area contributed by atoms with Crippen LogP contribution in [0.3, 0.4) is 0 Å². The molecule has 1 atom stereocenters. The molecule has 5 heteroatoms. The standard InChI is InChI=1S/C31H32N4O/c1-35-17-14-24(15-18-35)26-11-12-27-28(21-34-29(27)19-26)31(36)30(25-5-3-2-4-6-25)33-16-13-22-7-9-23(20-32)10-8-22/h2-12,19,21,24,30,33-34H,13-18H2,1H3/t30-/m1/s1. The van der Waals surface area contributed by atoms with Gasteiger partial charge in [0.2, 0.25) is 0 Å². The summed E-state index contributed by atoms with van der Waals surface area (Å²) in [4.78, 5) is 19.6. The van der Waals surface area contributed by atoms with Gasteiger partial charge in [0, 0.05) is 29.2 Å². The van der Waals surface area contributed by atoms with Crippen LogP contribution in [0, 0.1) is 11.3 Å². The van der Waals surface area contributed by atoms with E-state index in [1.54, 1.807) is 0 Å². The van der Waals surface area contributed by atoms with Crippen molar-refractivity contribution in [1.29, 1.82) is 5.26 Å². The van der Waals surface area contributed by atoms with Crippen LogP contribution in [-0.2, 0) is 6.42 Å². The molecule has 5 rings (SSSR count). The van der Waals surface area contributed by atoms with E-state index in [9.17, 15) is 4.79 Å². The van der Waals surface area contributed by atoms with Crippen molar-refractivity contribution in [2.75, 3.05) is 26.7 Å². The van der Waals surface area contributed by atoms with Gasteiger partial charge in [-0.15, -0.1) is 0 Å². The molecule has 3 aromatic carbocycles. The van der Waals surface area contributed by atoms with E-state index in [2.05, 4.69) is 46.5 Å². The number of H-pyrrole nitrogens is 1. The Balaban J connectivity index is 1.35. The summed E-state index contributed by atoms with van der Waals surface area (Å²) in [6.45, 7) is 2.91. The Kier molecular flexibility index (Phi) is 7.27. The SMILES string of the molecule is CN1CCC(c2ccc3c(C(=O)[C@H](NCCc4ccc(C#N)cc4)c4ccccc4)c[nH]c3c2)CC1. The zero-order valence-electron chi connectivity index (χ0n) is 20.7. The number of nitriles is 1. The maximum absolute atomic E-state index is 13.8. The van der Waals surface area contributed by atoms with Crippen molar-refractivity contribution in [3.05, 3.63) is 107 Å². The number of benzene rings is 3. The number of ketones is 1. The molecule has 182 valence electrons. The fourth-order valence-corrected chi connectivity index (χ4v) is 5.21. The van der Waals surface area contributed by atoms with Gasteiger partial charge in [0.05, 0.1) is 17.7 Å². The first-order valence-corrected chi connectivity index (χ1v) is 12.7. The van der Waals surface area contributed by atoms with E-state index in [1.807, 2.05) is 60.8 Å². The summed E-state index contributed by atoms with van der Waals surface area (Å²) in [5.74, 6) is 0.647. The molecule has 0 saturated carbocycles. The molecular weight excluding hydrogens is 444 g/mol. The molecule has 4 aromatic rings. The van der Waals surface area contributed by atoms with E-state index >= 15 is 0 Å². The molecule has 0 bridgehead atoms. The Morgan fingerprint density at radius 2 is 1.83 bits per heavy atom. The van der Waals surface area contributed by atoms with Gasteiger partial charge in [-0.05, 0) is 80.2 Å². The maximum Gasteiger partial charge on any atom is 0.186 e. The molecule has 1 fully saturated rings. The highest BCUT2D eigenvalue weighted by atomic mass is 16.1. The van der Waals surface area contributed by atoms with Crippen LogP contribution in [0.5, 0.6) is 0 Å². The van der Waals surface area contributed by atoms with Crippen LogP contribution in [0.25, 0.3) is 10.9 Å². The quantitative estimate of drug-likeness (QED) is 0.325. The average Bonchev–Trinajstić information content (AvgIpc) is 3.35. The molecule has 1 saturated heterocycles. The number of likely N-dealkylation sites (tertiary alicyclic amines) is 1. The number of aromatic amines is 1. The second kappa shape index (κ2) is 10.9. The molecule has 5 nitrogen and oxygen atoms in total. The molecule has 0 unspecified atom stereocenters. The second-order valence-corrected chi connectivity index (χ2v) is 9.81. The highest BCUT2D eigenvalue weighted by molar-refractivity contribution is 6.10. The summed E-state index contributed by atoms with van der Waals surface area (Å²) >= 11 is 0. The number of piperidine rings is 1. The molecule has 0 aliphatic carbocycles. The lowest BCUT2D eigenvalue weighted by molar-refractivity contribution is 0.0945. The van der Waals surface area contributed by atoms with Crippen molar-refractivity contribution >= 4 is 16.7 Å². The van der Waals surface area contributed by atoms with Gasteiger partial charge in [0.15, 0.2) is 5.78 Å². The number of fused-ring (bicyclic) bond motifs is 1. The summed E-state index contributed by atoms with van der Waals surface area (Å²) in [6.07, 6.45) is 4.99. The number of carbonyl (C=O) groups excluding carboxylic acids is 1. The Morgan fingerprint density at radius 3 is 2.56 bits per heavy atom. The van der Waals surface area contributed by atoms with Gasteiger partial charge in [0.1, 0.15) is 0 Å². The number of carbonyl (C=O) groups is 1. The van der Waals surface area contributed by atoms with Gasteiger partial charge in [-0.3, -0.25) is 4.79 Å². The zero-order chi connectivity index (χ0) is 24.9. The lowest BCUT2D eigenvalue weighted by Gasteiger charge is -2.29. The van der Waals surface area contributed by atoms with Crippen LogP contribution in [-0.4, -0.2) is 42.3 Å². The van der Waals surface area contributed by atoms with Gasteiger partial charge >= 0.3 is 0 Å². The normalized spacial score (nSPS) is 15.6. The molecule has 0 spiro atoms. The molecule has 0 amide bonds. The van der Waals surface area contributed by atoms with Crippen molar-refractivity contribution in [2.24, 2.45) is 0 Å². The van der Waals surface area contributed by atoms with E-state index in [-0.39, 0.29) is 5.78 Å². The van der Waals surface area contributed by atoms with E-state index < -0.39 is 6.04 Å². The van der Waals surface area contributed by atoms with Gasteiger partial charge in [-0.25, -0.2) is 0 Å². The molecule has 0 radical (unpaired) electrons. The highest BCUT2D eigenvalue weighted by Crippen LogP contribution is 2.31. The zero-order valence-corrected chi connectivity index (χ0v) is 20.7. The number of nitrogens with zero attached hydrogens (tertiary/aromatic N) is 2.